The Morgan fingerprint density at radius 3 is 2.36 bits per heavy atom. The van der Waals surface area contributed by atoms with Gasteiger partial charge in [-0.1, -0.05) is 31.2 Å². The van der Waals surface area contributed by atoms with Crippen molar-refractivity contribution < 1.29 is 4.79 Å². The Balaban J connectivity index is 1.59. The third-order valence-corrected chi connectivity index (χ3v) is 4.62. The second kappa shape index (κ2) is 7.60. The van der Waals surface area contributed by atoms with E-state index in [0.717, 1.165) is 42.9 Å². The fourth-order valence-electron chi connectivity index (χ4n) is 3.45. The maximum atomic E-state index is 12.5. The predicted molar refractivity (Wildman–Crippen MR) is 104 cm³/mol. The number of hydrogen-bond acceptors (Lipinski definition) is 2. The topological polar surface area (TPSA) is 35.6 Å². The minimum Gasteiger partial charge on any atom is -0.365 e. The minimum absolute atomic E-state index is 0.00856. The van der Waals surface area contributed by atoms with Crippen molar-refractivity contribution in [1.82, 2.24) is 4.90 Å². The lowest BCUT2D eigenvalue weighted by molar-refractivity contribution is 0.161. The first kappa shape index (κ1) is 17.3. The molecule has 132 valence electrons. The van der Waals surface area contributed by atoms with Crippen molar-refractivity contribution in [2.75, 3.05) is 29.9 Å². The van der Waals surface area contributed by atoms with Crippen LogP contribution in [0.5, 0.6) is 0 Å². The van der Waals surface area contributed by atoms with E-state index in [9.17, 15) is 4.79 Å². The fraction of sp³-hybridized carbons (Fsp3) is 0.381. The number of rotatable bonds is 5. The SMILES string of the molecule is CCCN(c1ccccc1)C1CN(C(=O)Nc2cc(C)cc(C)c2)C1. The standard InChI is InChI=1S/C21H27N3O/c1-4-10-24(19-8-6-5-7-9-19)20-14-23(15-20)21(25)22-18-12-16(2)11-17(3)13-18/h5-9,11-13,20H,4,10,14-15H2,1-3H3,(H,22,25). The summed E-state index contributed by atoms with van der Waals surface area (Å²) in [6.45, 7) is 8.84. The molecule has 2 amide bonds. The molecule has 1 saturated heterocycles. The highest BCUT2D eigenvalue weighted by molar-refractivity contribution is 5.90. The van der Waals surface area contributed by atoms with Gasteiger partial charge in [0.2, 0.25) is 0 Å². The molecule has 0 radical (unpaired) electrons. The lowest BCUT2D eigenvalue weighted by Gasteiger charge is -2.46. The Morgan fingerprint density at radius 1 is 1.12 bits per heavy atom. The van der Waals surface area contributed by atoms with Gasteiger partial charge >= 0.3 is 6.03 Å². The molecule has 2 aromatic carbocycles. The Bertz CT molecular complexity index is 703. The molecule has 2 aromatic rings. The van der Waals surface area contributed by atoms with Crippen LogP contribution in [-0.4, -0.2) is 36.6 Å². The van der Waals surface area contributed by atoms with Crippen molar-refractivity contribution >= 4 is 17.4 Å². The first-order chi connectivity index (χ1) is 12.1. The van der Waals surface area contributed by atoms with Crippen molar-refractivity contribution in [2.45, 2.75) is 33.2 Å². The Hall–Kier alpha value is -2.49. The third kappa shape index (κ3) is 4.13. The monoisotopic (exact) mass is 337 g/mol. The van der Waals surface area contributed by atoms with Gasteiger partial charge in [0.05, 0.1) is 6.04 Å². The minimum atomic E-state index is -0.00856. The summed E-state index contributed by atoms with van der Waals surface area (Å²) < 4.78 is 0. The van der Waals surface area contributed by atoms with E-state index in [2.05, 4.69) is 47.5 Å². The number of hydrogen-bond donors (Lipinski definition) is 1. The second-order valence-corrected chi connectivity index (χ2v) is 6.89. The molecule has 0 bridgehead atoms. The first-order valence-electron chi connectivity index (χ1n) is 9.02. The van der Waals surface area contributed by atoms with Crippen molar-refractivity contribution in [3.05, 3.63) is 59.7 Å². The van der Waals surface area contributed by atoms with Gasteiger partial charge in [-0.25, -0.2) is 4.79 Å². The number of carbonyl (C=O) groups excluding carboxylic acids is 1. The van der Waals surface area contributed by atoms with Crippen LogP contribution in [0.4, 0.5) is 16.2 Å². The number of para-hydroxylation sites is 1. The average Bonchev–Trinajstić information content (AvgIpc) is 2.52. The number of anilines is 2. The molecular weight excluding hydrogens is 310 g/mol. The van der Waals surface area contributed by atoms with Gasteiger partial charge in [-0.2, -0.15) is 0 Å². The van der Waals surface area contributed by atoms with E-state index in [4.69, 9.17) is 0 Å². The smallest absolute Gasteiger partial charge is 0.321 e. The number of aryl methyl sites for hydroxylation is 2. The van der Waals surface area contributed by atoms with E-state index in [0.29, 0.717) is 6.04 Å². The molecule has 3 rings (SSSR count). The largest absolute Gasteiger partial charge is 0.365 e. The van der Waals surface area contributed by atoms with Crippen LogP contribution in [0.2, 0.25) is 0 Å². The maximum absolute atomic E-state index is 12.5. The number of likely N-dealkylation sites (tertiary alicyclic amines) is 1. The average molecular weight is 337 g/mol. The Morgan fingerprint density at radius 2 is 1.76 bits per heavy atom. The summed E-state index contributed by atoms with van der Waals surface area (Å²) in [6.07, 6.45) is 1.10. The zero-order chi connectivity index (χ0) is 17.8. The highest BCUT2D eigenvalue weighted by Crippen LogP contribution is 2.24. The molecule has 4 heteroatoms. The lowest BCUT2D eigenvalue weighted by atomic mass is 10.1. The van der Waals surface area contributed by atoms with E-state index in [1.54, 1.807) is 0 Å². The molecule has 0 atom stereocenters. The van der Waals surface area contributed by atoms with Crippen LogP contribution in [0, 0.1) is 13.8 Å². The summed E-state index contributed by atoms with van der Waals surface area (Å²) in [6, 6.07) is 17.0. The molecule has 0 unspecified atom stereocenters. The number of amides is 2. The molecule has 1 heterocycles. The number of nitrogens with one attached hydrogen (secondary N) is 1. The molecule has 1 aliphatic rings. The maximum Gasteiger partial charge on any atom is 0.321 e. The van der Waals surface area contributed by atoms with Gasteiger partial charge in [0.25, 0.3) is 0 Å². The summed E-state index contributed by atoms with van der Waals surface area (Å²) in [5, 5.41) is 3.03. The van der Waals surface area contributed by atoms with E-state index in [1.165, 1.54) is 5.69 Å². The van der Waals surface area contributed by atoms with Crippen LogP contribution < -0.4 is 10.2 Å². The Kier molecular flexibility index (Phi) is 5.27. The zero-order valence-electron chi connectivity index (χ0n) is 15.3. The molecule has 25 heavy (non-hydrogen) atoms. The van der Waals surface area contributed by atoms with E-state index in [-0.39, 0.29) is 6.03 Å². The van der Waals surface area contributed by atoms with Crippen LogP contribution in [-0.2, 0) is 0 Å². The second-order valence-electron chi connectivity index (χ2n) is 6.89. The van der Waals surface area contributed by atoms with Crippen LogP contribution in [0.3, 0.4) is 0 Å². The van der Waals surface area contributed by atoms with Gasteiger partial charge in [-0.05, 0) is 55.7 Å². The molecule has 0 aliphatic carbocycles. The summed E-state index contributed by atoms with van der Waals surface area (Å²) in [5.41, 5.74) is 4.44. The summed E-state index contributed by atoms with van der Waals surface area (Å²) >= 11 is 0. The van der Waals surface area contributed by atoms with Gasteiger partial charge < -0.3 is 15.1 Å². The number of benzene rings is 2. The van der Waals surface area contributed by atoms with Gasteiger partial charge in [0.15, 0.2) is 0 Å². The van der Waals surface area contributed by atoms with Gasteiger partial charge in [-0.3, -0.25) is 0 Å². The number of urea groups is 1. The van der Waals surface area contributed by atoms with E-state index >= 15 is 0 Å². The van der Waals surface area contributed by atoms with Gasteiger partial charge in [-0.15, -0.1) is 0 Å². The van der Waals surface area contributed by atoms with E-state index in [1.807, 2.05) is 36.9 Å². The fourth-order valence-corrected chi connectivity index (χ4v) is 3.45. The van der Waals surface area contributed by atoms with Crippen LogP contribution in [0.15, 0.2) is 48.5 Å². The highest BCUT2D eigenvalue weighted by atomic mass is 16.2. The van der Waals surface area contributed by atoms with Crippen LogP contribution in [0.1, 0.15) is 24.5 Å². The molecule has 1 N–H and O–H groups in total. The van der Waals surface area contributed by atoms with Gasteiger partial charge in [0.1, 0.15) is 0 Å². The van der Waals surface area contributed by atoms with Crippen molar-refractivity contribution in [1.29, 1.82) is 0 Å². The molecule has 4 nitrogen and oxygen atoms in total. The van der Waals surface area contributed by atoms with Crippen molar-refractivity contribution in [2.24, 2.45) is 0 Å². The quantitative estimate of drug-likeness (QED) is 0.876. The van der Waals surface area contributed by atoms with Crippen molar-refractivity contribution in [3.63, 3.8) is 0 Å². The number of carbonyl (C=O) groups is 1. The van der Waals surface area contributed by atoms with Crippen LogP contribution in [0.25, 0.3) is 0 Å². The summed E-state index contributed by atoms with van der Waals surface area (Å²) in [5.74, 6) is 0. The first-order valence-corrected chi connectivity index (χ1v) is 9.02. The lowest BCUT2D eigenvalue weighted by Crippen LogP contribution is -2.62. The summed E-state index contributed by atoms with van der Waals surface area (Å²) in [7, 11) is 0. The molecular formula is C21H27N3O. The highest BCUT2D eigenvalue weighted by Gasteiger charge is 2.34. The molecule has 0 spiro atoms. The molecule has 0 saturated carbocycles. The summed E-state index contributed by atoms with van der Waals surface area (Å²) in [4.78, 5) is 16.8. The Labute approximate surface area is 150 Å². The van der Waals surface area contributed by atoms with Crippen LogP contribution >= 0.6 is 0 Å². The molecule has 1 aliphatic heterocycles. The van der Waals surface area contributed by atoms with Gasteiger partial charge in [0, 0.05) is 31.0 Å². The molecule has 1 fully saturated rings. The molecule has 0 aromatic heterocycles. The van der Waals surface area contributed by atoms with Crippen molar-refractivity contribution in [3.8, 4) is 0 Å². The third-order valence-electron chi connectivity index (χ3n) is 4.62. The van der Waals surface area contributed by atoms with E-state index < -0.39 is 0 Å². The number of nitrogens with zero attached hydrogens (tertiary/aromatic N) is 2. The zero-order valence-corrected chi connectivity index (χ0v) is 15.3. The predicted octanol–water partition coefficient (Wildman–Crippen LogP) is 4.44. The normalized spacial score (nSPS) is 14.1.